The molecule has 0 bridgehead atoms. The number of urea groups is 1. The molecule has 0 atom stereocenters. The van der Waals surface area contributed by atoms with Gasteiger partial charge in [0.2, 0.25) is 0 Å². The molecule has 3 heterocycles. The smallest absolute Gasteiger partial charge is 0.317 e. The number of nitrogens with zero attached hydrogens (tertiary/aromatic N) is 3. The van der Waals surface area contributed by atoms with Gasteiger partial charge in [0.15, 0.2) is 0 Å². The second-order valence-corrected chi connectivity index (χ2v) is 5.27. The zero-order valence-corrected chi connectivity index (χ0v) is 11.0. The summed E-state index contributed by atoms with van der Waals surface area (Å²) in [6, 6.07) is 3.63. The van der Waals surface area contributed by atoms with Crippen molar-refractivity contribution >= 4 is 11.9 Å². The summed E-state index contributed by atoms with van der Waals surface area (Å²) in [4.78, 5) is 31.4. The third kappa shape index (κ3) is 1.67. The highest BCUT2D eigenvalue weighted by atomic mass is 16.2. The highest BCUT2D eigenvalue weighted by Gasteiger charge is 2.53. The number of aryl methyl sites for hydroxylation is 1. The molecule has 0 unspecified atom stereocenters. The predicted molar refractivity (Wildman–Crippen MR) is 68.8 cm³/mol. The van der Waals surface area contributed by atoms with Gasteiger partial charge in [-0.15, -0.1) is 0 Å². The molecule has 3 rings (SSSR count). The lowest BCUT2D eigenvalue weighted by molar-refractivity contribution is 0.00729. The standard InChI is InChI=1S/C13H16N4O2/c1-9-4-3-5-14-10(9)11(18)17-7-13(8-17)6-15-12(19)16(13)2/h3-5H,6-8H2,1-2H3,(H,15,19). The van der Waals surface area contributed by atoms with E-state index >= 15 is 0 Å². The van der Waals surface area contributed by atoms with E-state index in [9.17, 15) is 9.59 Å². The molecule has 0 aliphatic carbocycles. The van der Waals surface area contributed by atoms with E-state index in [1.807, 2.05) is 19.1 Å². The van der Waals surface area contributed by atoms with E-state index in [0.717, 1.165) is 5.56 Å². The predicted octanol–water partition coefficient (Wildman–Crippen LogP) is 0.240. The van der Waals surface area contributed by atoms with Crippen LogP contribution in [-0.4, -0.2) is 58.9 Å². The second kappa shape index (κ2) is 3.94. The molecule has 2 aliphatic rings. The number of hydrogen-bond acceptors (Lipinski definition) is 3. The largest absolute Gasteiger partial charge is 0.335 e. The number of amides is 3. The number of likely N-dealkylation sites (N-methyl/N-ethyl adjacent to an activating group) is 1. The molecule has 100 valence electrons. The zero-order chi connectivity index (χ0) is 13.6. The van der Waals surface area contributed by atoms with Crippen molar-refractivity contribution in [1.29, 1.82) is 0 Å². The lowest BCUT2D eigenvalue weighted by Crippen LogP contribution is -2.70. The van der Waals surface area contributed by atoms with Crippen LogP contribution in [0, 0.1) is 6.92 Å². The lowest BCUT2D eigenvalue weighted by Gasteiger charge is -2.50. The van der Waals surface area contributed by atoms with Gasteiger partial charge in [-0.25, -0.2) is 4.79 Å². The first kappa shape index (κ1) is 12.0. The molecule has 1 spiro atoms. The molecule has 1 aromatic rings. The summed E-state index contributed by atoms with van der Waals surface area (Å²) in [7, 11) is 1.77. The van der Waals surface area contributed by atoms with Crippen molar-refractivity contribution in [3.8, 4) is 0 Å². The maximum atomic E-state index is 12.3. The van der Waals surface area contributed by atoms with Crippen LogP contribution in [0.15, 0.2) is 18.3 Å². The molecule has 0 radical (unpaired) electrons. The van der Waals surface area contributed by atoms with Crippen LogP contribution in [0.25, 0.3) is 0 Å². The van der Waals surface area contributed by atoms with E-state index in [2.05, 4.69) is 10.3 Å². The average molecular weight is 260 g/mol. The molecule has 3 amide bonds. The van der Waals surface area contributed by atoms with Crippen LogP contribution in [0.5, 0.6) is 0 Å². The summed E-state index contributed by atoms with van der Waals surface area (Å²) < 4.78 is 0. The number of carbonyl (C=O) groups is 2. The molecule has 0 aromatic carbocycles. The SMILES string of the molecule is Cc1cccnc1C(=O)N1CC2(CNC(=O)N2C)C1. The van der Waals surface area contributed by atoms with Crippen molar-refractivity contribution in [2.24, 2.45) is 0 Å². The highest BCUT2D eigenvalue weighted by Crippen LogP contribution is 2.31. The van der Waals surface area contributed by atoms with E-state index < -0.39 is 0 Å². The van der Waals surface area contributed by atoms with Crippen LogP contribution in [0.1, 0.15) is 16.1 Å². The Balaban J connectivity index is 1.73. The summed E-state index contributed by atoms with van der Waals surface area (Å²) in [6.45, 7) is 3.62. The summed E-state index contributed by atoms with van der Waals surface area (Å²) in [6.07, 6.45) is 1.63. The van der Waals surface area contributed by atoms with Gasteiger partial charge in [-0.05, 0) is 18.6 Å². The zero-order valence-electron chi connectivity index (χ0n) is 11.0. The summed E-state index contributed by atoms with van der Waals surface area (Å²) in [5, 5.41) is 2.81. The number of carbonyl (C=O) groups excluding carboxylic acids is 2. The van der Waals surface area contributed by atoms with Gasteiger partial charge in [0.05, 0.1) is 5.54 Å². The molecule has 2 saturated heterocycles. The Morgan fingerprint density at radius 1 is 1.47 bits per heavy atom. The van der Waals surface area contributed by atoms with Gasteiger partial charge in [0.1, 0.15) is 5.69 Å². The Bertz CT molecular complexity index is 551. The maximum Gasteiger partial charge on any atom is 0.317 e. The second-order valence-electron chi connectivity index (χ2n) is 5.27. The van der Waals surface area contributed by atoms with Crippen LogP contribution >= 0.6 is 0 Å². The van der Waals surface area contributed by atoms with Crippen LogP contribution in [0.4, 0.5) is 4.79 Å². The van der Waals surface area contributed by atoms with Crippen LogP contribution in [-0.2, 0) is 0 Å². The van der Waals surface area contributed by atoms with Gasteiger partial charge in [-0.1, -0.05) is 6.07 Å². The Labute approximate surface area is 111 Å². The first-order valence-corrected chi connectivity index (χ1v) is 6.26. The fraction of sp³-hybridized carbons (Fsp3) is 0.462. The van der Waals surface area contributed by atoms with Crippen molar-refractivity contribution in [1.82, 2.24) is 20.1 Å². The quantitative estimate of drug-likeness (QED) is 0.786. The van der Waals surface area contributed by atoms with Crippen molar-refractivity contribution in [2.45, 2.75) is 12.5 Å². The molecule has 1 aromatic heterocycles. The fourth-order valence-corrected chi connectivity index (χ4v) is 2.68. The Hall–Kier alpha value is -2.11. The first-order valence-electron chi connectivity index (χ1n) is 6.26. The van der Waals surface area contributed by atoms with Crippen molar-refractivity contribution in [2.75, 3.05) is 26.7 Å². The molecule has 2 aliphatic heterocycles. The molecule has 6 nitrogen and oxygen atoms in total. The Morgan fingerprint density at radius 3 is 2.79 bits per heavy atom. The topological polar surface area (TPSA) is 65.5 Å². The summed E-state index contributed by atoms with van der Waals surface area (Å²) >= 11 is 0. The monoisotopic (exact) mass is 260 g/mol. The number of pyridine rings is 1. The Kier molecular flexibility index (Phi) is 2.48. The number of rotatable bonds is 1. The average Bonchev–Trinajstić information content (AvgIpc) is 2.65. The van der Waals surface area contributed by atoms with Gasteiger partial charge < -0.3 is 15.1 Å². The maximum absolute atomic E-state index is 12.3. The van der Waals surface area contributed by atoms with Crippen LogP contribution in [0.2, 0.25) is 0 Å². The third-order valence-corrected chi connectivity index (χ3v) is 4.05. The number of nitrogens with one attached hydrogen (secondary N) is 1. The van der Waals surface area contributed by atoms with E-state index in [-0.39, 0.29) is 17.5 Å². The molecule has 0 saturated carbocycles. The van der Waals surface area contributed by atoms with Gasteiger partial charge in [-0.3, -0.25) is 9.78 Å². The number of hydrogen-bond donors (Lipinski definition) is 1. The highest BCUT2D eigenvalue weighted by molar-refractivity contribution is 5.94. The molecular formula is C13H16N4O2. The third-order valence-electron chi connectivity index (χ3n) is 4.05. The van der Waals surface area contributed by atoms with E-state index in [0.29, 0.717) is 25.3 Å². The molecule has 2 fully saturated rings. The van der Waals surface area contributed by atoms with E-state index in [1.54, 1.807) is 23.0 Å². The van der Waals surface area contributed by atoms with Crippen molar-refractivity contribution in [3.05, 3.63) is 29.6 Å². The van der Waals surface area contributed by atoms with Gasteiger partial charge >= 0.3 is 6.03 Å². The summed E-state index contributed by atoms with van der Waals surface area (Å²) in [5.41, 5.74) is 1.15. The van der Waals surface area contributed by atoms with Gasteiger partial charge in [-0.2, -0.15) is 0 Å². The minimum absolute atomic E-state index is 0.0588. The van der Waals surface area contributed by atoms with E-state index in [4.69, 9.17) is 0 Å². The van der Waals surface area contributed by atoms with Gasteiger partial charge in [0, 0.05) is 32.9 Å². The summed E-state index contributed by atoms with van der Waals surface area (Å²) in [5.74, 6) is -0.0588. The normalized spacial score (nSPS) is 20.4. The molecule has 19 heavy (non-hydrogen) atoms. The molecule has 1 N–H and O–H groups in total. The van der Waals surface area contributed by atoms with E-state index in [1.165, 1.54) is 0 Å². The minimum Gasteiger partial charge on any atom is -0.335 e. The van der Waals surface area contributed by atoms with Crippen molar-refractivity contribution < 1.29 is 9.59 Å². The van der Waals surface area contributed by atoms with Crippen LogP contribution in [0.3, 0.4) is 0 Å². The number of likely N-dealkylation sites (tertiary alicyclic amines) is 1. The molecular weight excluding hydrogens is 244 g/mol. The minimum atomic E-state index is -0.227. The molecule has 6 heteroatoms. The van der Waals surface area contributed by atoms with Gasteiger partial charge in [0.25, 0.3) is 5.91 Å². The Morgan fingerprint density at radius 2 is 2.21 bits per heavy atom. The fourth-order valence-electron chi connectivity index (χ4n) is 2.68. The lowest BCUT2D eigenvalue weighted by atomic mass is 9.89. The van der Waals surface area contributed by atoms with Crippen LogP contribution < -0.4 is 5.32 Å². The van der Waals surface area contributed by atoms with Crippen molar-refractivity contribution in [3.63, 3.8) is 0 Å². The number of aromatic nitrogens is 1. The first-order chi connectivity index (χ1) is 9.03.